The van der Waals surface area contributed by atoms with Gasteiger partial charge in [0.1, 0.15) is 5.41 Å². The van der Waals surface area contributed by atoms with Crippen molar-refractivity contribution in [3.05, 3.63) is 28.8 Å². The number of nitrogens with zero attached hydrogens (tertiary/aromatic N) is 3. The molecule has 0 aliphatic carbocycles. The van der Waals surface area contributed by atoms with E-state index in [1.807, 2.05) is 25.1 Å². The normalized spacial score (nSPS) is 17.9. The first kappa shape index (κ1) is 12.7. The minimum absolute atomic E-state index is 0.589. The van der Waals surface area contributed by atoms with E-state index in [1.165, 1.54) is 5.56 Å². The second-order valence-electron chi connectivity index (χ2n) is 4.72. The summed E-state index contributed by atoms with van der Waals surface area (Å²) in [5.41, 5.74) is 1.47. The number of aryl methyl sites for hydroxylation is 1. The summed E-state index contributed by atoms with van der Waals surface area (Å²) in [7, 11) is 0. The molecular weight excluding hydrogens is 246 g/mol. The van der Waals surface area contributed by atoms with Crippen LogP contribution in [-0.4, -0.2) is 13.1 Å². The summed E-state index contributed by atoms with van der Waals surface area (Å²) >= 11 is 6.02. The van der Waals surface area contributed by atoms with Crippen LogP contribution in [0.3, 0.4) is 0 Å². The topological polar surface area (TPSA) is 50.8 Å². The number of hydrogen-bond acceptors (Lipinski definition) is 3. The van der Waals surface area contributed by atoms with Gasteiger partial charge in [0.25, 0.3) is 0 Å². The molecule has 0 atom stereocenters. The van der Waals surface area contributed by atoms with Crippen molar-refractivity contribution in [2.24, 2.45) is 5.41 Å². The fraction of sp³-hybridized carbons (Fsp3) is 0.429. The van der Waals surface area contributed by atoms with Crippen LogP contribution in [0.5, 0.6) is 0 Å². The summed E-state index contributed by atoms with van der Waals surface area (Å²) in [4.78, 5) is 2.20. The molecule has 0 amide bonds. The fourth-order valence-corrected chi connectivity index (χ4v) is 2.47. The van der Waals surface area contributed by atoms with Gasteiger partial charge < -0.3 is 4.90 Å². The number of piperidine rings is 1. The Morgan fingerprint density at radius 2 is 1.83 bits per heavy atom. The number of anilines is 1. The molecular formula is C14H14ClN3. The average Bonchev–Trinajstić information content (AvgIpc) is 2.42. The molecule has 2 rings (SSSR count). The van der Waals surface area contributed by atoms with Gasteiger partial charge in [-0.05, 0) is 37.5 Å². The molecule has 18 heavy (non-hydrogen) atoms. The van der Waals surface area contributed by atoms with E-state index < -0.39 is 5.41 Å². The maximum absolute atomic E-state index is 9.08. The molecule has 0 aromatic heterocycles. The Hall–Kier alpha value is -1.71. The largest absolute Gasteiger partial charge is 0.371 e. The molecule has 0 bridgehead atoms. The smallest absolute Gasteiger partial charge is 0.147 e. The van der Waals surface area contributed by atoms with Crippen molar-refractivity contribution in [2.45, 2.75) is 19.8 Å². The monoisotopic (exact) mass is 259 g/mol. The molecule has 1 aliphatic heterocycles. The summed E-state index contributed by atoms with van der Waals surface area (Å²) in [5, 5.41) is 18.9. The van der Waals surface area contributed by atoms with Crippen LogP contribution in [-0.2, 0) is 0 Å². The zero-order valence-corrected chi connectivity index (χ0v) is 11.0. The van der Waals surface area contributed by atoms with Crippen molar-refractivity contribution in [3.63, 3.8) is 0 Å². The van der Waals surface area contributed by atoms with Crippen LogP contribution < -0.4 is 4.90 Å². The predicted molar refractivity (Wildman–Crippen MR) is 71.3 cm³/mol. The molecule has 3 nitrogen and oxygen atoms in total. The first-order chi connectivity index (χ1) is 8.60. The second kappa shape index (κ2) is 4.88. The molecule has 1 fully saturated rings. The Balaban J connectivity index is 2.18. The Bertz CT molecular complexity index is 515. The predicted octanol–water partition coefficient (Wildman–Crippen LogP) is 3.28. The Labute approximate surface area is 112 Å². The molecule has 0 saturated carbocycles. The Morgan fingerprint density at radius 3 is 2.39 bits per heavy atom. The van der Waals surface area contributed by atoms with Gasteiger partial charge in [0, 0.05) is 23.8 Å². The molecule has 0 unspecified atom stereocenters. The highest BCUT2D eigenvalue weighted by atomic mass is 35.5. The molecule has 1 aromatic carbocycles. The number of nitriles is 2. The number of benzene rings is 1. The van der Waals surface area contributed by atoms with E-state index in [4.69, 9.17) is 22.1 Å². The van der Waals surface area contributed by atoms with Crippen LogP contribution in [0, 0.1) is 35.0 Å². The highest BCUT2D eigenvalue weighted by Crippen LogP contribution is 2.34. The van der Waals surface area contributed by atoms with Gasteiger partial charge in [-0.2, -0.15) is 10.5 Å². The third-order valence-electron chi connectivity index (χ3n) is 3.56. The van der Waals surface area contributed by atoms with Crippen LogP contribution in [0.4, 0.5) is 5.69 Å². The van der Waals surface area contributed by atoms with Crippen LogP contribution in [0.2, 0.25) is 5.02 Å². The SMILES string of the molecule is Cc1ccc(Cl)cc1N1CCC(C#N)(C#N)CC1. The molecule has 0 spiro atoms. The van der Waals surface area contributed by atoms with Gasteiger partial charge in [0.2, 0.25) is 0 Å². The van der Waals surface area contributed by atoms with Gasteiger partial charge in [-0.1, -0.05) is 17.7 Å². The zero-order chi connectivity index (χ0) is 13.2. The fourth-order valence-electron chi connectivity index (χ4n) is 2.30. The van der Waals surface area contributed by atoms with Gasteiger partial charge >= 0.3 is 0 Å². The maximum atomic E-state index is 9.08. The first-order valence-corrected chi connectivity index (χ1v) is 6.32. The molecule has 1 saturated heterocycles. The van der Waals surface area contributed by atoms with Crippen molar-refractivity contribution in [3.8, 4) is 12.1 Å². The minimum Gasteiger partial charge on any atom is -0.371 e. The quantitative estimate of drug-likeness (QED) is 0.778. The summed E-state index contributed by atoms with van der Waals surface area (Å²) in [5.74, 6) is 0. The molecule has 92 valence electrons. The highest BCUT2D eigenvalue weighted by Gasteiger charge is 2.35. The van der Waals surface area contributed by atoms with E-state index >= 15 is 0 Å². The summed E-state index contributed by atoms with van der Waals surface area (Å²) in [6, 6.07) is 10.1. The molecule has 4 heteroatoms. The Kier molecular flexibility index (Phi) is 3.45. The zero-order valence-electron chi connectivity index (χ0n) is 10.3. The van der Waals surface area contributed by atoms with Crippen molar-refractivity contribution in [2.75, 3.05) is 18.0 Å². The molecule has 1 heterocycles. The standard InChI is InChI=1S/C14H14ClN3/c1-11-2-3-12(15)8-13(11)18-6-4-14(9-16,10-17)5-7-18/h2-3,8H,4-7H2,1H3. The maximum Gasteiger partial charge on any atom is 0.147 e. The van der Waals surface area contributed by atoms with Crippen LogP contribution in [0.15, 0.2) is 18.2 Å². The Morgan fingerprint density at radius 1 is 1.22 bits per heavy atom. The van der Waals surface area contributed by atoms with E-state index in [1.54, 1.807) is 0 Å². The lowest BCUT2D eigenvalue weighted by Gasteiger charge is -2.35. The molecule has 1 aromatic rings. The summed E-state index contributed by atoms with van der Waals surface area (Å²) in [6.07, 6.45) is 1.18. The van der Waals surface area contributed by atoms with Crippen molar-refractivity contribution < 1.29 is 0 Å². The van der Waals surface area contributed by atoms with Crippen LogP contribution in [0.1, 0.15) is 18.4 Å². The van der Waals surface area contributed by atoms with Crippen molar-refractivity contribution in [1.82, 2.24) is 0 Å². The van der Waals surface area contributed by atoms with Crippen LogP contribution >= 0.6 is 11.6 Å². The van der Waals surface area contributed by atoms with E-state index in [-0.39, 0.29) is 0 Å². The number of rotatable bonds is 1. The van der Waals surface area contributed by atoms with E-state index in [0.717, 1.165) is 18.8 Å². The van der Waals surface area contributed by atoms with E-state index in [9.17, 15) is 0 Å². The van der Waals surface area contributed by atoms with E-state index in [0.29, 0.717) is 17.9 Å². The molecule has 0 radical (unpaired) electrons. The third-order valence-corrected chi connectivity index (χ3v) is 3.79. The number of hydrogen-bond donors (Lipinski definition) is 0. The van der Waals surface area contributed by atoms with Crippen LogP contribution in [0.25, 0.3) is 0 Å². The van der Waals surface area contributed by atoms with Crippen molar-refractivity contribution in [1.29, 1.82) is 10.5 Å². The van der Waals surface area contributed by atoms with Gasteiger partial charge in [-0.3, -0.25) is 0 Å². The third kappa shape index (κ3) is 2.28. The summed E-state index contributed by atoms with van der Waals surface area (Å²) in [6.45, 7) is 3.49. The minimum atomic E-state index is -0.803. The van der Waals surface area contributed by atoms with E-state index in [2.05, 4.69) is 17.0 Å². The molecule has 0 N–H and O–H groups in total. The number of halogens is 1. The van der Waals surface area contributed by atoms with Crippen molar-refractivity contribution >= 4 is 17.3 Å². The van der Waals surface area contributed by atoms with Gasteiger partial charge in [0.05, 0.1) is 12.1 Å². The highest BCUT2D eigenvalue weighted by molar-refractivity contribution is 6.30. The average molecular weight is 260 g/mol. The lowest BCUT2D eigenvalue weighted by molar-refractivity contribution is 0.393. The van der Waals surface area contributed by atoms with Gasteiger partial charge in [-0.25, -0.2) is 0 Å². The lowest BCUT2D eigenvalue weighted by atomic mass is 9.81. The first-order valence-electron chi connectivity index (χ1n) is 5.94. The summed E-state index contributed by atoms with van der Waals surface area (Å²) < 4.78 is 0. The lowest BCUT2D eigenvalue weighted by Crippen LogP contribution is -2.39. The van der Waals surface area contributed by atoms with Gasteiger partial charge in [-0.15, -0.1) is 0 Å². The molecule has 1 aliphatic rings. The van der Waals surface area contributed by atoms with Gasteiger partial charge in [0.15, 0.2) is 0 Å². The second-order valence-corrected chi connectivity index (χ2v) is 5.16.